The van der Waals surface area contributed by atoms with Crippen LogP contribution >= 0.6 is 11.3 Å². The fraction of sp³-hybridized carbons (Fsp3) is 0.526. The zero-order valence-electron chi connectivity index (χ0n) is 16.2. The Kier molecular flexibility index (Phi) is 6.02. The number of hydrogen-bond acceptors (Lipinski definition) is 7. The molecule has 1 aromatic heterocycles. The number of nitrogens with one attached hydrogen (secondary N) is 1. The molecule has 156 valence electrons. The first-order valence-corrected chi connectivity index (χ1v) is 10.4. The van der Waals surface area contributed by atoms with Crippen molar-refractivity contribution in [2.24, 2.45) is 17.6 Å². The van der Waals surface area contributed by atoms with Gasteiger partial charge in [-0.05, 0) is 38.1 Å². The Bertz CT molecular complexity index is 842. The first-order chi connectivity index (χ1) is 13.7. The van der Waals surface area contributed by atoms with Gasteiger partial charge in [0, 0.05) is 0 Å². The van der Waals surface area contributed by atoms with E-state index in [-0.39, 0.29) is 34.2 Å². The lowest BCUT2D eigenvalue weighted by atomic mass is 9.81. The predicted molar refractivity (Wildman–Crippen MR) is 104 cm³/mol. The molecule has 0 spiro atoms. The summed E-state index contributed by atoms with van der Waals surface area (Å²) in [5, 5.41) is 4.35. The number of thiophene rings is 1. The van der Waals surface area contributed by atoms with Gasteiger partial charge in [-0.25, -0.2) is 4.79 Å². The summed E-state index contributed by atoms with van der Waals surface area (Å²) >= 11 is 1.11. The van der Waals surface area contributed by atoms with Gasteiger partial charge in [0.25, 0.3) is 11.8 Å². The van der Waals surface area contributed by atoms with E-state index in [0.717, 1.165) is 29.1 Å². The average Bonchev–Trinajstić information content (AvgIpc) is 3.24. The Morgan fingerprint density at radius 3 is 2.31 bits per heavy atom. The summed E-state index contributed by atoms with van der Waals surface area (Å²) in [6.45, 7) is 2.79. The number of imide groups is 1. The van der Waals surface area contributed by atoms with E-state index in [1.165, 1.54) is 19.9 Å². The third kappa shape index (κ3) is 4.02. The standard InChI is InChI=1S/C19H23N3O6S/c1-9(22-17(25)11-5-3-4-6-12(11)18(22)26)19(27)28-10(2)15(24)21-16-13(14(20)23)7-8-29-16/h7-12H,3-6H2,1-2H3,(H2,20,23)(H,21,24)/t9-,10+,11-,12+/m0/s1. The summed E-state index contributed by atoms with van der Waals surface area (Å²) in [5.41, 5.74) is 5.40. The molecule has 2 fully saturated rings. The van der Waals surface area contributed by atoms with Gasteiger partial charge in [-0.15, -0.1) is 11.3 Å². The molecule has 29 heavy (non-hydrogen) atoms. The monoisotopic (exact) mass is 421 g/mol. The summed E-state index contributed by atoms with van der Waals surface area (Å²) in [6.07, 6.45) is 1.88. The third-order valence-electron chi connectivity index (χ3n) is 5.43. The van der Waals surface area contributed by atoms with Crippen LogP contribution in [0.3, 0.4) is 0 Å². The van der Waals surface area contributed by atoms with Crippen LogP contribution in [0.2, 0.25) is 0 Å². The average molecular weight is 421 g/mol. The van der Waals surface area contributed by atoms with E-state index >= 15 is 0 Å². The number of amides is 4. The number of carbonyl (C=O) groups excluding carboxylic acids is 5. The molecule has 1 aromatic rings. The number of nitrogens with two attached hydrogens (primary N) is 1. The normalized spacial score (nSPS) is 23.3. The molecule has 3 rings (SSSR count). The minimum absolute atomic E-state index is 0.158. The third-order valence-corrected chi connectivity index (χ3v) is 6.26. The van der Waals surface area contributed by atoms with Gasteiger partial charge in [0.2, 0.25) is 11.8 Å². The lowest BCUT2D eigenvalue weighted by molar-refractivity contribution is -0.163. The van der Waals surface area contributed by atoms with Crippen molar-refractivity contribution in [1.82, 2.24) is 4.90 Å². The highest BCUT2D eigenvalue weighted by atomic mass is 32.1. The number of likely N-dealkylation sites (tertiary alicyclic amines) is 1. The number of rotatable bonds is 6. The van der Waals surface area contributed by atoms with Crippen molar-refractivity contribution in [3.8, 4) is 0 Å². The molecule has 0 bridgehead atoms. The number of anilines is 1. The second-order valence-corrected chi connectivity index (χ2v) is 8.23. The number of fused-ring (bicyclic) bond motifs is 1. The maximum atomic E-state index is 12.6. The molecule has 2 aliphatic rings. The van der Waals surface area contributed by atoms with Gasteiger partial charge in [-0.2, -0.15) is 0 Å². The van der Waals surface area contributed by atoms with Gasteiger partial charge < -0.3 is 15.8 Å². The molecule has 0 aromatic carbocycles. The van der Waals surface area contributed by atoms with Crippen molar-refractivity contribution in [3.05, 3.63) is 17.0 Å². The molecular weight excluding hydrogens is 398 g/mol. The highest BCUT2D eigenvalue weighted by molar-refractivity contribution is 7.14. The Morgan fingerprint density at radius 2 is 1.76 bits per heavy atom. The SMILES string of the molecule is C[C@@H](OC(=O)[C@H](C)N1C(=O)[C@H]2CCCC[C@H]2C1=O)C(=O)Nc1sccc1C(N)=O. The Labute approximate surface area is 171 Å². The fourth-order valence-electron chi connectivity index (χ4n) is 3.81. The zero-order valence-corrected chi connectivity index (χ0v) is 17.0. The maximum Gasteiger partial charge on any atom is 0.329 e. The van der Waals surface area contributed by atoms with E-state index in [1.54, 1.807) is 5.38 Å². The van der Waals surface area contributed by atoms with E-state index in [0.29, 0.717) is 12.8 Å². The van der Waals surface area contributed by atoms with Crippen molar-refractivity contribution in [1.29, 1.82) is 0 Å². The Morgan fingerprint density at radius 1 is 1.17 bits per heavy atom. The maximum absolute atomic E-state index is 12.6. The minimum atomic E-state index is -1.19. The second-order valence-electron chi connectivity index (χ2n) is 7.32. The molecule has 4 amide bonds. The summed E-state index contributed by atoms with van der Waals surface area (Å²) < 4.78 is 5.18. The number of primary amides is 1. The summed E-state index contributed by atoms with van der Waals surface area (Å²) in [5.74, 6) is -3.58. The van der Waals surface area contributed by atoms with Gasteiger partial charge in [0.05, 0.1) is 17.4 Å². The van der Waals surface area contributed by atoms with Crippen molar-refractivity contribution in [2.45, 2.75) is 51.7 Å². The number of hydrogen-bond donors (Lipinski definition) is 2. The van der Waals surface area contributed by atoms with E-state index in [9.17, 15) is 24.0 Å². The van der Waals surface area contributed by atoms with Gasteiger partial charge in [0.15, 0.2) is 6.10 Å². The Hall–Kier alpha value is -2.75. The molecule has 4 atom stereocenters. The molecule has 1 saturated carbocycles. The summed E-state index contributed by atoms with van der Waals surface area (Å²) in [7, 11) is 0. The molecule has 3 N–H and O–H groups in total. The van der Waals surface area contributed by atoms with Gasteiger partial charge in [-0.3, -0.25) is 24.1 Å². The molecule has 10 heteroatoms. The molecule has 0 radical (unpaired) electrons. The van der Waals surface area contributed by atoms with Crippen LogP contribution in [-0.2, 0) is 23.9 Å². The largest absolute Gasteiger partial charge is 0.451 e. The molecular formula is C19H23N3O6S. The van der Waals surface area contributed by atoms with Gasteiger partial charge >= 0.3 is 5.97 Å². The van der Waals surface area contributed by atoms with E-state index < -0.39 is 29.9 Å². The highest BCUT2D eigenvalue weighted by Crippen LogP contribution is 2.39. The summed E-state index contributed by atoms with van der Waals surface area (Å²) in [4.78, 5) is 62.3. The van der Waals surface area contributed by atoms with Gasteiger partial charge in [0.1, 0.15) is 11.0 Å². The fourth-order valence-corrected chi connectivity index (χ4v) is 4.61. The number of carbonyl (C=O) groups is 5. The molecule has 1 saturated heterocycles. The molecule has 2 heterocycles. The topological polar surface area (TPSA) is 136 Å². The molecule has 1 aliphatic heterocycles. The van der Waals surface area contributed by atoms with Gasteiger partial charge in [-0.1, -0.05) is 12.8 Å². The lowest BCUT2D eigenvalue weighted by Crippen LogP contribution is -2.46. The van der Waals surface area contributed by atoms with E-state index in [2.05, 4.69) is 5.32 Å². The summed E-state index contributed by atoms with van der Waals surface area (Å²) in [6, 6.07) is 0.365. The smallest absolute Gasteiger partial charge is 0.329 e. The van der Waals surface area contributed by atoms with Crippen LogP contribution in [0.25, 0.3) is 0 Å². The zero-order chi connectivity index (χ0) is 21.3. The van der Waals surface area contributed by atoms with Crippen LogP contribution < -0.4 is 11.1 Å². The Balaban J connectivity index is 1.62. The van der Waals surface area contributed by atoms with E-state index in [4.69, 9.17) is 10.5 Å². The first-order valence-electron chi connectivity index (χ1n) is 9.48. The first kappa shape index (κ1) is 21.0. The molecule has 0 unspecified atom stereocenters. The van der Waals surface area contributed by atoms with E-state index in [1.807, 2.05) is 0 Å². The second kappa shape index (κ2) is 8.32. The van der Waals surface area contributed by atoms with Crippen LogP contribution in [0.4, 0.5) is 5.00 Å². The molecule has 1 aliphatic carbocycles. The molecule has 9 nitrogen and oxygen atoms in total. The number of nitrogens with zero attached hydrogens (tertiary/aromatic N) is 1. The van der Waals surface area contributed by atoms with Crippen molar-refractivity contribution >= 4 is 45.9 Å². The predicted octanol–water partition coefficient (Wildman–Crippen LogP) is 1.28. The minimum Gasteiger partial charge on any atom is -0.451 e. The van der Waals surface area contributed by atoms with Crippen molar-refractivity contribution < 1.29 is 28.7 Å². The van der Waals surface area contributed by atoms with Crippen molar-refractivity contribution in [2.75, 3.05) is 5.32 Å². The van der Waals surface area contributed by atoms with Crippen LogP contribution in [-0.4, -0.2) is 46.6 Å². The van der Waals surface area contributed by atoms with Crippen LogP contribution in [0.5, 0.6) is 0 Å². The van der Waals surface area contributed by atoms with Crippen LogP contribution in [0, 0.1) is 11.8 Å². The lowest BCUT2D eigenvalue weighted by Gasteiger charge is -2.23. The van der Waals surface area contributed by atoms with Crippen LogP contribution in [0.15, 0.2) is 11.4 Å². The number of esters is 1. The van der Waals surface area contributed by atoms with Crippen molar-refractivity contribution in [3.63, 3.8) is 0 Å². The van der Waals surface area contributed by atoms with Crippen LogP contribution in [0.1, 0.15) is 49.9 Å². The highest BCUT2D eigenvalue weighted by Gasteiger charge is 2.51. The quantitative estimate of drug-likeness (QED) is 0.525. The number of ether oxygens (including phenoxy) is 1.